The van der Waals surface area contributed by atoms with Crippen molar-refractivity contribution in [2.24, 2.45) is 0 Å². The van der Waals surface area contributed by atoms with E-state index in [1.165, 1.54) is 6.07 Å². The number of aromatic nitrogens is 1. The van der Waals surface area contributed by atoms with Crippen LogP contribution in [0.4, 0.5) is 13.2 Å². The van der Waals surface area contributed by atoms with Gasteiger partial charge in [-0.05, 0) is 5.56 Å². The summed E-state index contributed by atoms with van der Waals surface area (Å²) in [5.74, 6) is -1.01. The minimum atomic E-state index is -4.49. The van der Waals surface area contributed by atoms with Gasteiger partial charge in [0.25, 0.3) is 0 Å². The van der Waals surface area contributed by atoms with Gasteiger partial charge in [0.1, 0.15) is 18.8 Å². The zero-order chi connectivity index (χ0) is 19.0. The number of carbonyl (C=O) groups excluding carboxylic acids is 2. The van der Waals surface area contributed by atoms with E-state index in [4.69, 9.17) is 9.26 Å². The molecule has 0 radical (unpaired) electrons. The number of hydrogen-bond donors (Lipinski definition) is 1. The summed E-state index contributed by atoms with van der Waals surface area (Å²) in [5.41, 5.74) is 0.986. The standard InChI is InChI=1S/C17H17F3N2O4/c18-17(19,20)11-21-16(24)7-6-15(23)14-8-13(26-22-14)10-25-9-12-4-2-1-3-5-12/h1-5,8H,6-7,9-11H2,(H,21,24). The van der Waals surface area contributed by atoms with Gasteiger partial charge in [0.15, 0.2) is 11.5 Å². The SMILES string of the molecule is O=C(CCC(=O)c1cc(COCc2ccccc2)on1)NCC(F)(F)F. The second-order valence-corrected chi connectivity index (χ2v) is 5.47. The molecule has 0 unspecified atom stereocenters. The third-order valence-corrected chi connectivity index (χ3v) is 3.27. The van der Waals surface area contributed by atoms with E-state index < -0.39 is 24.4 Å². The van der Waals surface area contributed by atoms with E-state index >= 15 is 0 Å². The Balaban J connectivity index is 1.72. The van der Waals surface area contributed by atoms with Crippen LogP contribution < -0.4 is 5.32 Å². The average molecular weight is 370 g/mol. The van der Waals surface area contributed by atoms with Gasteiger partial charge >= 0.3 is 6.18 Å². The zero-order valence-corrected chi connectivity index (χ0v) is 13.7. The van der Waals surface area contributed by atoms with Gasteiger partial charge in [-0.3, -0.25) is 9.59 Å². The van der Waals surface area contributed by atoms with Crippen molar-refractivity contribution in [1.29, 1.82) is 0 Å². The van der Waals surface area contributed by atoms with E-state index in [1.807, 2.05) is 30.3 Å². The average Bonchev–Trinajstić information content (AvgIpc) is 3.07. The minimum absolute atomic E-state index is 0.00642. The maximum absolute atomic E-state index is 12.0. The first-order chi connectivity index (χ1) is 12.3. The molecule has 1 aromatic heterocycles. The molecule has 9 heteroatoms. The summed E-state index contributed by atoms with van der Waals surface area (Å²) in [6.45, 7) is -0.946. The Hall–Kier alpha value is -2.68. The molecule has 1 heterocycles. The smallest absolute Gasteiger partial charge is 0.369 e. The molecule has 2 aromatic rings. The van der Waals surface area contributed by atoms with Gasteiger partial charge in [-0.1, -0.05) is 35.5 Å². The fourth-order valence-corrected chi connectivity index (χ4v) is 2.00. The van der Waals surface area contributed by atoms with Crippen LogP contribution in [-0.2, 0) is 22.7 Å². The highest BCUT2D eigenvalue weighted by atomic mass is 19.4. The highest BCUT2D eigenvalue weighted by Gasteiger charge is 2.27. The Labute approximate surface area is 147 Å². The van der Waals surface area contributed by atoms with Crippen molar-refractivity contribution in [3.05, 3.63) is 53.4 Å². The number of benzene rings is 1. The van der Waals surface area contributed by atoms with E-state index in [9.17, 15) is 22.8 Å². The van der Waals surface area contributed by atoms with Gasteiger partial charge in [0.2, 0.25) is 5.91 Å². The van der Waals surface area contributed by atoms with Crippen molar-refractivity contribution in [2.45, 2.75) is 32.2 Å². The molecule has 2 rings (SSSR count). The summed E-state index contributed by atoms with van der Waals surface area (Å²) in [5, 5.41) is 5.29. The van der Waals surface area contributed by atoms with Gasteiger partial charge < -0.3 is 14.6 Å². The molecule has 0 saturated carbocycles. The van der Waals surface area contributed by atoms with Crippen LogP contribution in [0.5, 0.6) is 0 Å². The number of ketones is 1. The van der Waals surface area contributed by atoms with E-state index in [0.29, 0.717) is 12.4 Å². The summed E-state index contributed by atoms with van der Waals surface area (Å²) in [6, 6.07) is 10.9. The van der Waals surface area contributed by atoms with Gasteiger partial charge in [-0.2, -0.15) is 13.2 Å². The predicted octanol–water partition coefficient (Wildman–Crippen LogP) is 3.03. The quantitative estimate of drug-likeness (QED) is 0.686. The Morgan fingerprint density at radius 1 is 1.12 bits per heavy atom. The van der Waals surface area contributed by atoms with Crippen molar-refractivity contribution in [1.82, 2.24) is 10.5 Å². The molecule has 0 aliphatic heterocycles. The minimum Gasteiger partial charge on any atom is -0.369 e. The Morgan fingerprint density at radius 3 is 2.54 bits per heavy atom. The lowest BCUT2D eigenvalue weighted by Gasteiger charge is -2.07. The number of halogens is 3. The molecule has 6 nitrogen and oxygen atoms in total. The molecule has 26 heavy (non-hydrogen) atoms. The molecule has 0 fully saturated rings. The van der Waals surface area contributed by atoms with Gasteiger partial charge in [0.05, 0.1) is 6.61 Å². The van der Waals surface area contributed by atoms with Crippen LogP contribution in [0.2, 0.25) is 0 Å². The zero-order valence-electron chi connectivity index (χ0n) is 13.7. The number of rotatable bonds is 9. The summed E-state index contributed by atoms with van der Waals surface area (Å²) in [4.78, 5) is 23.2. The molecule has 0 spiro atoms. The number of hydrogen-bond acceptors (Lipinski definition) is 5. The normalized spacial score (nSPS) is 11.3. The maximum atomic E-state index is 12.0. The summed E-state index contributed by atoms with van der Waals surface area (Å²) in [6.07, 6.45) is -5.11. The first kappa shape index (κ1) is 19.6. The van der Waals surface area contributed by atoms with Gasteiger partial charge in [-0.25, -0.2) is 0 Å². The van der Waals surface area contributed by atoms with Crippen molar-refractivity contribution in [2.75, 3.05) is 6.54 Å². The molecule has 0 bridgehead atoms. The Morgan fingerprint density at radius 2 is 1.85 bits per heavy atom. The molecule has 0 aliphatic rings. The van der Waals surface area contributed by atoms with Gasteiger partial charge in [0, 0.05) is 18.9 Å². The van der Waals surface area contributed by atoms with Crippen molar-refractivity contribution >= 4 is 11.7 Å². The number of Topliss-reactive ketones (excluding diaryl/α,β-unsaturated/α-hetero) is 1. The van der Waals surface area contributed by atoms with Crippen LogP contribution in [-0.4, -0.2) is 29.6 Å². The second kappa shape index (κ2) is 9.14. The van der Waals surface area contributed by atoms with E-state index in [2.05, 4.69) is 5.16 Å². The molecule has 1 aromatic carbocycles. The van der Waals surface area contributed by atoms with E-state index in [-0.39, 0.29) is 25.1 Å². The van der Waals surface area contributed by atoms with Crippen LogP contribution in [0.25, 0.3) is 0 Å². The van der Waals surface area contributed by atoms with Crippen molar-refractivity contribution < 1.29 is 32.0 Å². The first-order valence-electron chi connectivity index (χ1n) is 7.77. The van der Waals surface area contributed by atoms with E-state index in [1.54, 1.807) is 5.32 Å². The van der Waals surface area contributed by atoms with Crippen LogP contribution in [0.1, 0.15) is 34.7 Å². The number of alkyl halides is 3. The maximum Gasteiger partial charge on any atom is 0.405 e. The Kier molecular flexibility index (Phi) is 6.90. The lowest BCUT2D eigenvalue weighted by molar-refractivity contribution is -0.138. The highest BCUT2D eigenvalue weighted by Crippen LogP contribution is 2.13. The number of nitrogens with zero attached hydrogens (tertiary/aromatic N) is 1. The highest BCUT2D eigenvalue weighted by molar-refractivity contribution is 5.96. The lowest BCUT2D eigenvalue weighted by Crippen LogP contribution is -2.33. The molecule has 1 N–H and O–H groups in total. The topological polar surface area (TPSA) is 81.4 Å². The Bertz CT molecular complexity index is 729. The first-order valence-corrected chi connectivity index (χ1v) is 7.77. The van der Waals surface area contributed by atoms with Crippen LogP contribution in [0.3, 0.4) is 0 Å². The molecule has 0 saturated heterocycles. The molecular formula is C17H17F3N2O4. The lowest BCUT2D eigenvalue weighted by atomic mass is 10.1. The van der Waals surface area contributed by atoms with E-state index in [0.717, 1.165) is 5.56 Å². The third-order valence-electron chi connectivity index (χ3n) is 3.27. The van der Waals surface area contributed by atoms with Crippen LogP contribution in [0, 0.1) is 0 Å². The van der Waals surface area contributed by atoms with Crippen LogP contribution >= 0.6 is 0 Å². The van der Waals surface area contributed by atoms with Crippen LogP contribution in [0.15, 0.2) is 40.9 Å². The monoisotopic (exact) mass is 370 g/mol. The molecule has 0 atom stereocenters. The number of amides is 1. The summed E-state index contributed by atoms with van der Waals surface area (Å²) in [7, 11) is 0. The summed E-state index contributed by atoms with van der Waals surface area (Å²) >= 11 is 0. The number of ether oxygens (including phenoxy) is 1. The molecular weight excluding hydrogens is 353 g/mol. The number of carbonyl (C=O) groups is 2. The largest absolute Gasteiger partial charge is 0.405 e. The molecule has 1 amide bonds. The predicted molar refractivity (Wildman–Crippen MR) is 84.1 cm³/mol. The molecule has 0 aliphatic carbocycles. The second-order valence-electron chi connectivity index (χ2n) is 5.47. The fraction of sp³-hybridized carbons (Fsp3) is 0.353. The van der Waals surface area contributed by atoms with Crippen molar-refractivity contribution in [3.8, 4) is 0 Å². The molecule has 140 valence electrons. The third kappa shape index (κ3) is 7.06. The summed E-state index contributed by atoms with van der Waals surface area (Å²) < 4.78 is 46.4. The number of nitrogens with one attached hydrogen (secondary N) is 1. The fourth-order valence-electron chi connectivity index (χ4n) is 2.00. The van der Waals surface area contributed by atoms with Gasteiger partial charge in [-0.15, -0.1) is 0 Å². The van der Waals surface area contributed by atoms with Crippen molar-refractivity contribution in [3.63, 3.8) is 0 Å².